The highest BCUT2D eigenvalue weighted by Crippen LogP contribution is 2.29. The van der Waals surface area contributed by atoms with Crippen LogP contribution in [0.2, 0.25) is 5.02 Å². The molecule has 0 radical (unpaired) electrons. The van der Waals surface area contributed by atoms with Crippen molar-refractivity contribution in [2.45, 2.75) is 38.6 Å². The van der Waals surface area contributed by atoms with Gasteiger partial charge in [0.25, 0.3) is 5.95 Å². The molecule has 2 aromatic heterocycles. The Kier molecular flexibility index (Phi) is 7.49. The van der Waals surface area contributed by atoms with E-state index in [0.29, 0.717) is 47.1 Å². The SMILES string of the molecule is C[C@@H]1CC[C@@H](C(=O)Nc2cc(-c3cnc(F)c(NCC4CCOCC4)n3)c(Cl)cn2)CN1. The molecule has 8 nitrogen and oxygen atoms in total. The summed E-state index contributed by atoms with van der Waals surface area (Å²) in [6.07, 6.45) is 6.41. The van der Waals surface area contributed by atoms with Crippen LogP contribution in [0.3, 0.4) is 0 Å². The number of hydrogen-bond acceptors (Lipinski definition) is 7. The minimum Gasteiger partial charge on any atom is -0.381 e. The average molecular weight is 463 g/mol. The van der Waals surface area contributed by atoms with Crippen molar-refractivity contribution in [3.63, 3.8) is 0 Å². The Balaban J connectivity index is 1.47. The molecule has 2 saturated heterocycles. The minimum absolute atomic E-state index is 0.0786. The molecule has 2 fully saturated rings. The van der Waals surface area contributed by atoms with Gasteiger partial charge in [-0.1, -0.05) is 11.6 Å². The second kappa shape index (κ2) is 10.5. The maximum atomic E-state index is 14.3. The summed E-state index contributed by atoms with van der Waals surface area (Å²) in [5.74, 6) is -0.0191. The number of nitrogens with one attached hydrogen (secondary N) is 3. The van der Waals surface area contributed by atoms with E-state index in [0.717, 1.165) is 38.9 Å². The first-order valence-corrected chi connectivity index (χ1v) is 11.4. The number of ether oxygens (including phenoxy) is 1. The van der Waals surface area contributed by atoms with E-state index in [2.05, 4.69) is 37.8 Å². The van der Waals surface area contributed by atoms with Crippen molar-refractivity contribution in [1.82, 2.24) is 20.3 Å². The van der Waals surface area contributed by atoms with Crippen LogP contribution in [0, 0.1) is 17.8 Å². The quantitative estimate of drug-likeness (QED) is 0.604. The number of nitrogens with zero attached hydrogens (tertiary/aromatic N) is 3. The van der Waals surface area contributed by atoms with Crippen LogP contribution in [-0.4, -0.2) is 53.2 Å². The minimum atomic E-state index is -0.668. The van der Waals surface area contributed by atoms with Crippen LogP contribution in [0.25, 0.3) is 11.3 Å². The van der Waals surface area contributed by atoms with Gasteiger partial charge in [-0.2, -0.15) is 4.39 Å². The van der Waals surface area contributed by atoms with E-state index >= 15 is 0 Å². The fourth-order valence-corrected chi connectivity index (χ4v) is 4.16. The lowest BCUT2D eigenvalue weighted by Crippen LogP contribution is -2.41. The zero-order valence-electron chi connectivity index (χ0n) is 18.0. The molecule has 4 rings (SSSR count). The van der Waals surface area contributed by atoms with Gasteiger partial charge in [-0.05, 0) is 44.6 Å². The summed E-state index contributed by atoms with van der Waals surface area (Å²) in [4.78, 5) is 25.1. The zero-order valence-corrected chi connectivity index (χ0v) is 18.8. The molecule has 4 heterocycles. The molecule has 0 unspecified atom stereocenters. The van der Waals surface area contributed by atoms with Gasteiger partial charge < -0.3 is 20.7 Å². The molecule has 0 saturated carbocycles. The standard InChI is InChI=1S/C22H28ClFN6O2/c1-13-2-3-15(10-25-13)22(31)30-19-8-16(17(23)11-26-19)18-12-27-20(24)21(29-18)28-9-14-4-6-32-7-5-14/h8,11-15,25H,2-7,9-10H2,1H3,(H,28,29)(H,26,30,31)/t13-,15-/m1/s1. The number of halogens is 2. The first-order valence-electron chi connectivity index (χ1n) is 11.0. The predicted molar refractivity (Wildman–Crippen MR) is 121 cm³/mol. The highest BCUT2D eigenvalue weighted by atomic mass is 35.5. The van der Waals surface area contributed by atoms with E-state index in [4.69, 9.17) is 16.3 Å². The number of piperidine rings is 1. The fraction of sp³-hybridized carbons (Fsp3) is 0.545. The van der Waals surface area contributed by atoms with E-state index in [1.165, 1.54) is 12.4 Å². The number of pyridine rings is 1. The lowest BCUT2D eigenvalue weighted by Gasteiger charge is -2.26. The van der Waals surface area contributed by atoms with Crippen LogP contribution < -0.4 is 16.0 Å². The monoisotopic (exact) mass is 462 g/mol. The Morgan fingerprint density at radius 1 is 1.25 bits per heavy atom. The van der Waals surface area contributed by atoms with Gasteiger partial charge in [0.15, 0.2) is 5.82 Å². The van der Waals surface area contributed by atoms with E-state index in [-0.39, 0.29) is 17.6 Å². The van der Waals surface area contributed by atoms with Crippen LogP contribution in [0.4, 0.5) is 16.0 Å². The Hall–Kier alpha value is -2.36. The van der Waals surface area contributed by atoms with E-state index in [9.17, 15) is 9.18 Å². The number of carbonyl (C=O) groups excluding carboxylic acids is 1. The van der Waals surface area contributed by atoms with Gasteiger partial charge in [0.2, 0.25) is 5.91 Å². The van der Waals surface area contributed by atoms with Gasteiger partial charge in [-0.3, -0.25) is 4.79 Å². The topological polar surface area (TPSA) is 101 Å². The smallest absolute Gasteiger partial charge is 0.255 e. The first-order chi connectivity index (χ1) is 15.5. The highest BCUT2D eigenvalue weighted by Gasteiger charge is 2.24. The third-order valence-electron chi connectivity index (χ3n) is 6.04. The summed E-state index contributed by atoms with van der Waals surface area (Å²) in [5, 5.41) is 9.59. The summed E-state index contributed by atoms with van der Waals surface area (Å²) in [7, 11) is 0. The summed E-state index contributed by atoms with van der Waals surface area (Å²) in [6, 6.07) is 2.06. The molecule has 32 heavy (non-hydrogen) atoms. The van der Waals surface area contributed by atoms with Crippen molar-refractivity contribution in [1.29, 1.82) is 0 Å². The number of carbonyl (C=O) groups is 1. The second-order valence-electron chi connectivity index (χ2n) is 8.45. The molecule has 3 N–H and O–H groups in total. The summed E-state index contributed by atoms with van der Waals surface area (Å²) >= 11 is 6.34. The van der Waals surface area contributed by atoms with E-state index in [1.807, 2.05) is 0 Å². The number of aromatic nitrogens is 3. The second-order valence-corrected chi connectivity index (χ2v) is 8.86. The normalized spacial score (nSPS) is 21.8. The Bertz CT molecular complexity index is 948. The molecule has 2 aromatic rings. The maximum absolute atomic E-state index is 14.3. The van der Waals surface area contributed by atoms with Crippen LogP contribution in [0.1, 0.15) is 32.6 Å². The van der Waals surface area contributed by atoms with E-state index in [1.54, 1.807) is 6.07 Å². The van der Waals surface area contributed by atoms with Gasteiger partial charge in [-0.15, -0.1) is 0 Å². The average Bonchev–Trinajstić information content (AvgIpc) is 2.81. The molecule has 1 amide bonds. The van der Waals surface area contributed by atoms with E-state index < -0.39 is 5.95 Å². The van der Waals surface area contributed by atoms with Gasteiger partial charge in [0.1, 0.15) is 5.82 Å². The molecule has 0 bridgehead atoms. The molecule has 0 spiro atoms. The number of amides is 1. The van der Waals surface area contributed by atoms with Crippen molar-refractivity contribution in [2.24, 2.45) is 11.8 Å². The summed E-state index contributed by atoms with van der Waals surface area (Å²) < 4.78 is 19.6. The van der Waals surface area contributed by atoms with Crippen LogP contribution >= 0.6 is 11.6 Å². The molecule has 2 aliphatic rings. The Labute approximate surface area is 191 Å². The fourth-order valence-electron chi connectivity index (χ4n) is 3.96. The molecule has 10 heteroatoms. The lowest BCUT2D eigenvalue weighted by atomic mass is 9.95. The van der Waals surface area contributed by atoms with Gasteiger partial charge in [0, 0.05) is 44.1 Å². The van der Waals surface area contributed by atoms with Crippen LogP contribution in [0.5, 0.6) is 0 Å². The third kappa shape index (κ3) is 5.70. The van der Waals surface area contributed by atoms with Crippen LogP contribution in [-0.2, 0) is 9.53 Å². The predicted octanol–water partition coefficient (Wildman–Crippen LogP) is 3.50. The molecule has 0 aromatic carbocycles. The number of rotatable bonds is 6. The molecular formula is C22H28ClFN6O2. The lowest BCUT2D eigenvalue weighted by molar-refractivity contribution is -0.120. The molecular weight excluding hydrogens is 435 g/mol. The van der Waals surface area contributed by atoms with Gasteiger partial charge in [-0.25, -0.2) is 15.0 Å². The summed E-state index contributed by atoms with van der Waals surface area (Å²) in [5.41, 5.74) is 0.922. The first kappa shape index (κ1) is 22.8. The number of anilines is 2. The van der Waals surface area contributed by atoms with Gasteiger partial charge in [0.05, 0.1) is 22.8 Å². The molecule has 0 aliphatic carbocycles. The van der Waals surface area contributed by atoms with Crippen LogP contribution in [0.15, 0.2) is 18.5 Å². The van der Waals surface area contributed by atoms with Crippen molar-refractivity contribution in [3.8, 4) is 11.3 Å². The maximum Gasteiger partial charge on any atom is 0.255 e. The van der Waals surface area contributed by atoms with Gasteiger partial charge >= 0.3 is 0 Å². The van der Waals surface area contributed by atoms with Crippen molar-refractivity contribution in [3.05, 3.63) is 29.4 Å². The Morgan fingerprint density at radius 2 is 2.06 bits per heavy atom. The van der Waals surface area contributed by atoms with Crippen molar-refractivity contribution < 1.29 is 13.9 Å². The largest absolute Gasteiger partial charge is 0.381 e. The molecule has 2 atom stereocenters. The van der Waals surface area contributed by atoms with Crippen molar-refractivity contribution in [2.75, 3.05) is 36.9 Å². The molecule has 2 aliphatic heterocycles. The molecule has 172 valence electrons. The zero-order chi connectivity index (χ0) is 22.5. The number of hydrogen-bond donors (Lipinski definition) is 3. The van der Waals surface area contributed by atoms with Crippen molar-refractivity contribution >= 4 is 29.1 Å². The Morgan fingerprint density at radius 3 is 2.81 bits per heavy atom. The summed E-state index contributed by atoms with van der Waals surface area (Å²) in [6.45, 7) is 4.78. The highest BCUT2D eigenvalue weighted by molar-refractivity contribution is 6.33. The third-order valence-corrected chi connectivity index (χ3v) is 6.34.